The molecule has 1 atom stereocenters. The second-order valence-electron chi connectivity index (χ2n) is 6.58. The van der Waals surface area contributed by atoms with Crippen molar-refractivity contribution < 1.29 is 9.84 Å². The van der Waals surface area contributed by atoms with Gasteiger partial charge in [-0.1, -0.05) is 25.5 Å². The summed E-state index contributed by atoms with van der Waals surface area (Å²) in [4.78, 5) is 0. The van der Waals surface area contributed by atoms with E-state index in [1.807, 2.05) is 11.8 Å². The minimum absolute atomic E-state index is 0.377. The number of rotatable bonds is 9. The molecule has 2 nitrogen and oxygen atoms in total. The number of unbranched alkanes of at least 4 members (excludes halogenated alkanes) is 1. The van der Waals surface area contributed by atoms with E-state index in [0.717, 1.165) is 11.5 Å². The molecule has 0 saturated carbocycles. The van der Waals surface area contributed by atoms with Crippen molar-refractivity contribution in [2.24, 2.45) is 0 Å². The van der Waals surface area contributed by atoms with E-state index in [4.69, 9.17) is 4.74 Å². The predicted octanol–water partition coefficient (Wildman–Crippen LogP) is 4.76. The van der Waals surface area contributed by atoms with Gasteiger partial charge in [0.1, 0.15) is 0 Å². The fraction of sp³-hybridized carbons (Fsp3) is 0.684. The SMILES string of the molecule is CCCCSCC(O)COC(C)(C)c1ccc(C)c(C)c1C. The summed E-state index contributed by atoms with van der Waals surface area (Å²) >= 11 is 1.81. The van der Waals surface area contributed by atoms with Crippen molar-refractivity contribution in [3.63, 3.8) is 0 Å². The lowest BCUT2D eigenvalue weighted by Gasteiger charge is -2.30. The van der Waals surface area contributed by atoms with Gasteiger partial charge in [0.05, 0.1) is 18.3 Å². The molecule has 0 saturated heterocycles. The van der Waals surface area contributed by atoms with Crippen LogP contribution in [0.3, 0.4) is 0 Å². The van der Waals surface area contributed by atoms with Crippen LogP contribution in [0.15, 0.2) is 12.1 Å². The number of thioether (sulfide) groups is 1. The Morgan fingerprint density at radius 2 is 1.86 bits per heavy atom. The van der Waals surface area contributed by atoms with Gasteiger partial charge in [0, 0.05) is 5.75 Å². The van der Waals surface area contributed by atoms with Gasteiger partial charge in [0.15, 0.2) is 0 Å². The Bertz CT molecular complexity index is 469. The number of aliphatic hydroxyl groups excluding tert-OH is 1. The van der Waals surface area contributed by atoms with Gasteiger partial charge in [-0.25, -0.2) is 0 Å². The zero-order chi connectivity index (χ0) is 16.8. The van der Waals surface area contributed by atoms with Crippen LogP contribution in [0.4, 0.5) is 0 Å². The molecule has 1 aromatic carbocycles. The van der Waals surface area contributed by atoms with Crippen molar-refractivity contribution in [3.05, 3.63) is 34.4 Å². The van der Waals surface area contributed by atoms with Crippen LogP contribution in [-0.2, 0) is 10.3 Å². The Hall–Kier alpha value is -0.510. The fourth-order valence-corrected chi connectivity index (χ4v) is 3.53. The maximum atomic E-state index is 10.1. The number of ether oxygens (including phenoxy) is 1. The average Bonchev–Trinajstić information content (AvgIpc) is 2.47. The van der Waals surface area contributed by atoms with Gasteiger partial charge in [-0.15, -0.1) is 0 Å². The van der Waals surface area contributed by atoms with Crippen LogP contribution in [0.5, 0.6) is 0 Å². The fourth-order valence-electron chi connectivity index (χ4n) is 2.50. The van der Waals surface area contributed by atoms with Crippen LogP contribution in [0.25, 0.3) is 0 Å². The monoisotopic (exact) mass is 324 g/mol. The van der Waals surface area contributed by atoms with E-state index >= 15 is 0 Å². The van der Waals surface area contributed by atoms with E-state index in [1.54, 1.807) is 0 Å². The topological polar surface area (TPSA) is 29.5 Å². The number of aliphatic hydroxyl groups is 1. The minimum atomic E-state index is -0.395. The number of hydrogen-bond acceptors (Lipinski definition) is 3. The lowest BCUT2D eigenvalue weighted by Crippen LogP contribution is -2.29. The van der Waals surface area contributed by atoms with Crippen molar-refractivity contribution in [3.8, 4) is 0 Å². The van der Waals surface area contributed by atoms with Crippen molar-refractivity contribution in [1.82, 2.24) is 0 Å². The van der Waals surface area contributed by atoms with Gasteiger partial charge in [0.25, 0.3) is 0 Å². The van der Waals surface area contributed by atoms with Crippen molar-refractivity contribution >= 4 is 11.8 Å². The predicted molar refractivity (Wildman–Crippen MR) is 97.9 cm³/mol. The van der Waals surface area contributed by atoms with Gasteiger partial charge in [-0.2, -0.15) is 11.8 Å². The largest absolute Gasteiger partial charge is 0.390 e. The summed E-state index contributed by atoms with van der Waals surface area (Å²) in [5.41, 5.74) is 4.75. The summed E-state index contributed by atoms with van der Waals surface area (Å²) in [6, 6.07) is 4.31. The number of benzene rings is 1. The quantitative estimate of drug-likeness (QED) is 0.664. The zero-order valence-corrected chi connectivity index (χ0v) is 15.8. The van der Waals surface area contributed by atoms with E-state index in [2.05, 4.69) is 53.7 Å². The van der Waals surface area contributed by atoms with E-state index < -0.39 is 6.10 Å². The molecule has 1 N–H and O–H groups in total. The molecule has 0 bridgehead atoms. The molecule has 0 aliphatic heterocycles. The van der Waals surface area contributed by atoms with E-state index in [0.29, 0.717) is 6.61 Å². The lowest BCUT2D eigenvalue weighted by atomic mass is 9.89. The van der Waals surface area contributed by atoms with Crippen LogP contribution in [0, 0.1) is 20.8 Å². The standard InChI is InChI=1S/C19H32O2S/c1-7-8-11-22-13-17(20)12-21-19(5,6)18-10-9-14(2)15(3)16(18)4/h9-10,17,20H,7-8,11-13H2,1-6H3. The molecule has 0 amide bonds. The Morgan fingerprint density at radius 1 is 1.18 bits per heavy atom. The molecule has 0 aromatic heterocycles. The minimum Gasteiger partial charge on any atom is -0.390 e. The molecule has 22 heavy (non-hydrogen) atoms. The third-order valence-electron chi connectivity index (χ3n) is 4.30. The van der Waals surface area contributed by atoms with Crippen LogP contribution in [0.2, 0.25) is 0 Å². The molecule has 0 aliphatic carbocycles. The molecule has 126 valence electrons. The Balaban J connectivity index is 2.58. The molecule has 0 aliphatic rings. The molecule has 0 fully saturated rings. The van der Waals surface area contributed by atoms with Crippen molar-refractivity contribution in [2.75, 3.05) is 18.1 Å². The highest BCUT2D eigenvalue weighted by atomic mass is 32.2. The number of aryl methyl sites for hydroxylation is 1. The highest BCUT2D eigenvalue weighted by Crippen LogP contribution is 2.30. The Morgan fingerprint density at radius 3 is 2.50 bits per heavy atom. The summed E-state index contributed by atoms with van der Waals surface area (Å²) in [6.07, 6.45) is 2.03. The first-order valence-corrected chi connectivity index (χ1v) is 9.42. The zero-order valence-electron chi connectivity index (χ0n) is 15.0. The van der Waals surface area contributed by atoms with E-state index in [1.165, 1.54) is 35.1 Å². The average molecular weight is 325 g/mol. The Kier molecular flexibility index (Phi) is 7.95. The van der Waals surface area contributed by atoms with Crippen LogP contribution >= 0.6 is 11.8 Å². The molecule has 0 spiro atoms. The van der Waals surface area contributed by atoms with Crippen LogP contribution in [-0.4, -0.2) is 29.3 Å². The second kappa shape index (κ2) is 8.95. The first-order chi connectivity index (χ1) is 10.3. The molecule has 0 radical (unpaired) electrons. The maximum Gasteiger partial charge on any atom is 0.0879 e. The molecule has 0 heterocycles. The van der Waals surface area contributed by atoms with Gasteiger partial charge in [-0.3, -0.25) is 0 Å². The highest BCUT2D eigenvalue weighted by Gasteiger charge is 2.25. The molecule has 1 unspecified atom stereocenters. The smallest absolute Gasteiger partial charge is 0.0879 e. The first-order valence-electron chi connectivity index (χ1n) is 8.26. The van der Waals surface area contributed by atoms with Crippen LogP contribution in [0.1, 0.15) is 55.9 Å². The van der Waals surface area contributed by atoms with E-state index in [9.17, 15) is 5.11 Å². The summed E-state index contributed by atoms with van der Waals surface area (Å²) < 4.78 is 6.05. The normalized spacial score (nSPS) is 13.4. The second-order valence-corrected chi connectivity index (χ2v) is 7.73. The van der Waals surface area contributed by atoms with Gasteiger partial charge in [0.2, 0.25) is 0 Å². The van der Waals surface area contributed by atoms with E-state index in [-0.39, 0.29) is 5.60 Å². The Labute approximate surface area is 140 Å². The molecule has 1 rings (SSSR count). The number of hydrogen-bond donors (Lipinski definition) is 1. The first kappa shape index (κ1) is 19.5. The van der Waals surface area contributed by atoms with Crippen molar-refractivity contribution in [1.29, 1.82) is 0 Å². The van der Waals surface area contributed by atoms with Gasteiger partial charge < -0.3 is 9.84 Å². The molecule has 1 aromatic rings. The van der Waals surface area contributed by atoms with Gasteiger partial charge in [-0.05, 0) is 69.0 Å². The highest BCUT2D eigenvalue weighted by molar-refractivity contribution is 7.99. The molecule has 3 heteroatoms. The van der Waals surface area contributed by atoms with Gasteiger partial charge >= 0.3 is 0 Å². The third kappa shape index (κ3) is 5.60. The van der Waals surface area contributed by atoms with Crippen molar-refractivity contribution in [2.45, 2.75) is 66.1 Å². The summed E-state index contributed by atoms with van der Waals surface area (Å²) in [6.45, 7) is 13.2. The maximum absolute atomic E-state index is 10.1. The third-order valence-corrected chi connectivity index (χ3v) is 5.49. The molecular formula is C19H32O2S. The summed E-state index contributed by atoms with van der Waals surface area (Å²) in [7, 11) is 0. The summed E-state index contributed by atoms with van der Waals surface area (Å²) in [5.74, 6) is 1.87. The molecular weight excluding hydrogens is 292 g/mol. The van der Waals surface area contributed by atoms with Crippen LogP contribution < -0.4 is 0 Å². The summed E-state index contributed by atoms with van der Waals surface area (Å²) in [5, 5.41) is 10.1. The lowest BCUT2D eigenvalue weighted by molar-refractivity contribution is -0.0578.